The minimum atomic E-state index is 0.00202. The molecule has 0 bridgehead atoms. The first-order chi connectivity index (χ1) is 11.5. The Morgan fingerprint density at radius 1 is 1.25 bits per heavy atom. The molecular weight excluding hydrogens is 302 g/mol. The monoisotopic (exact) mass is 339 g/mol. The fourth-order valence-corrected chi connectivity index (χ4v) is 1.93. The molecular formula is C19H37N3O2. The predicted molar refractivity (Wildman–Crippen MR) is 103 cm³/mol. The largest absolute Gasteiger partial charge is 0.472 e. The molecule has 0 aliphatic carbocycles. The van der Waals surface area contributed by atoms with E-state index in [0.29, 0.717) is 12.5 Å². The van der Waals surface area contributed by atoms with E-state index < -0.39 is 0 Å². The van der Waals surface area contributed by atoms with E-state index >= 15 is 0 Å². The summed E-state index contributed by atoms with van der Waals surface area (Å²) in [5.41, 5.74) is 3.04. The van der Waals surface area contributed by atoms with Crippen LogP contribution in [0.5, 0.6) is 5.88 Å². The fraction of sp³-hybridized carbons (Fsp3) is 0.737. The van der Waals surface area contributed by atoms with Gasteiger partial charge < -0.3 is 14.8 Å². The molecule has 140 valence electrons. The van der Waals surface area contributed by atoms with Crippen molar-refractivity contribution in [2.24, 2.45) is 0 Å². The van der Waals surface area contributed by atoms with Crippen LogP contribution in [0.25, 0.3) is 0 Å². The molecule has 1 aromatic rings. The van der Waals surface area contributed by atoms with Crippen molar-refractivity contribution in [3.05, 3.63) is 17.3 Å². The highest BCUT2D eigenvalue weighted by Gasteiger charge is 2.11. The Morgan fingerprint density at radius 2 is 1.92 bits per heavy atom. The molecule has 1 N–H and O–H groups in total. The lowest BCUT2D eigenvalue weighted by Crippen LogP contribution is -2.25. The van der Waals surface area contributed by atoms with Crippen molar-refractivity contribution in [1.82, 2.24) is 9.88 Å². The summed E-state index contributed by atoms with van der Waals surface area (Å²) < 4.78 is 11.4. The molecule has 5 nitrogen and oxygen atoms in total. The topological polar surface area (TPSA) is 46.6 Å². The third-order valence-electron chi connectivity index (χ3n) is 3.45. The highest BCUT2D eigenvalue weighted by Crippen LogP contribution is 2.23. The molecule has 1 aromatic heterocycles. The van der Waals surface area contributed by atoms with Crippen LogP contribution in [-0.2, 0) is 4.74 Å². The quantitative estimate of drug-likeness (QED) is 0.510. The SMILES string of the molecule is CC.CCCOCC(C)Oc1nc(C)c(NCN(C)CC)cc1C. The van der Waals surface area contributed by atoms with Gasteiger partial charge in [-0.2, -0.15) is 0 Å². The third kappa shape index (κ3) is 8.50. The van der Waals surface area contributed by atoms with Gasteiger partial charge in [-0.05, 0) is 46.9 Å². The lowest BCUT2D eigenvalue weighted by atomic mass is 10.2. The molecule has 0 amide bonds. The lowest BCUT2D eigenvalue weighted by molar-refractivity contribution is 0.0564. The smallest absolute Gasteiger partial charge is 0.216 e. The van der Waals surface area contributed by atoms with E-state index in [2.05, 4.69) is 42.2 Å². The first-order valence-corrected chi connectivity index (χ1v) is 9.12. The minimum absolute atomic E-state index is 0.00202. The average Bonchev–Trinajstić information content (AvgIpc) is 2.58. The first-order valence-electron chi connectivity index (χ1n) is 9.12. The van der Waals surface area contributed by atoms with Crippen LogP contribution in [0.1, 0.15) is 52.3 Å². The number of nitrogens with zero attached hydrogens (tertiary/aromatic N) is 2. The molecule has 0 aliphatic heterocycles. The van der Waals surface area contributed by atoms with Gasteiger partial charge in [-0.1, -0.05) is 27.7 Å². The second-order valence-electron chi connectivity index (χ2n) is 5.75. The van der Waals surface area contributed by atoms with E-state index in [9.17, 15) is 0 Å². The van der Waals surface area contributed by atoms with E-state index in [-0.39, 0.29) is 6.10 Å². The highest BCUT2D eigenvalue weighted by atomic mass is 16.5. The Kier molecular flexibility index (Phi) is 12.3. The van der Waals surface area contributed by atoms with Crippen LogP contribution in [0.2, 0.25) is 0 Å². The zero-order valence-corrected chi connectivity index (χ0v) is 16.9. The molecule has 1 atom stereocenters. The number of hydrogen-bond acceptors (Lipinski definition) is 5. The van der Waals surface area contributed by atoms with Gasteiger partial charge in [0.05, 0.1) is 24.7 Å². The molecule has 0 saturated heterocycles. The van der Waals surface area contributed by atoms with Crippen molar-refractivity contribution in [2.45, 2.75) is 61.0 Å². The number of anilines is 1. The first kappa shape index (κ1) is 22.7. The molecule has 5 heteroatoms. The van der Waals surface area contributed by atoms with Gasteiger partial charge in [0.15, 0.2) is 0 Å². The standard InChI is InChI=1S/C17H31N3O2.C2H6/c1-7-9-21-11-14(4)22-17-13(3)10-16(15(5)19-17)18-12-20(6)8-2;1-2/h10,14,18H,7-9,11-12H2,1-6H3;1-2H3. The van der Waals surface area contributed by atoms with Gasteiger partial charge in [0.25, 0.3) is 0 Å². The molecule has 1 unspecified atom stereocenters. The number of nitrogens with one attached hydrogen (secondary N) is 1. The predicted octanol–water partition coefficient (Wildman–Crippen LogP) is 4.24. The van der Waals surface area contributed by atoms with E-state index in [1.165, 1.54) is 0 Å². The molecule has 24 heavy (non-hydrogen) atoms. The van der Waals surface area contributed by atoms with Gasteiger partial charge in [0, 0.05) is 12.2 Å². The summed E-state index contributed by atoms with van der Waals surface area (Å²) in [6, 6.07) is 2.10. The third-order valence-corrected chi connectivity index (χ3v) is 3.45. The van der Waals surface area contributed by atoms with Crippen LogP contribution in [0.3, 0.4) is 0 Å². The highest BCUT2D eigenvalue weighted by molar-refractivity contribution is 5.51. The van der Waals surface area contributed by atoms with Gasteiger partial charge in [-0.25, -0.2) is 4.98 Å². The Labute approximate surface area is 148 Å². The van der Waals surface area contributed by atoms with E-state index in [4.69, 9.17) is 9.47 Å². The summed E-state index contributed by atoms with van der Waals surface area (Å²) in [5, 5.41) is 3.41. The molecule has 0 saturated carbocycles. The van der Waals surface area contributed by atoms with Gasteiger partial charge in [-0.15, -0.1) is 0 Å². The Morgan fingerprint density at radius 3 is 2.50 bits per heavy atom. The van der Waals surface area contributed by atoms with Crippen LogP contribution in [0.15, 0.2) is 6.07 Å². The Bertz CT molecular complexity index is 452. The summed E-state index contributed by atoms with van der Waals surface area (Å²) in [5.74, 6) is 0.694. The zero-order valence-electron chi connectivity index (χ0n) is 16.9. The average molecular weight is 340 g/mol. The Hall–Kier alpha value is -1.33. The molecule has 0 fully saturated rings. The maximum absolute atomic E-state index is 5.90. The number of ether oxygens (including phenoxy) is 2. The minimum Gasteiger partial charge on any atom is -0.472 e. The van der Waals surface area contributed by atoms with Crippen LogP contribution < -0.4 is 10.1 Å². The summed E-state index contributed by atoms with van der Waals surface area (Å²) in [4.78, 5) is 6.79. The van der Waals surface area contributed by atoms with E-state index in [0.717, 1.165) is 43.2 Å². The van der Waals surface area contributed by atoms with Gasteiger partial charge >= 0.3 is 0 Å². The van der Waals surface area contributed by atoms with Crippen molar-refractivity contribution < 1.29 is 9.47 Å². The van der Waals surface area contributed by atoms with E-state index in [1.807, 2.05) is 34.6 Å². The number of aryl methyl sites for hydroxylation is 2. The van der Waals surface area contributed by atoms with Crippen LogP contribution in [-0.4, -0.2) is 49.5 Å². The van der Waals surface area contributed by atoms with Crippen molar-refractivity contribution >= 4 is 5.69 Å². The summed E-state index contributed by atoms with van der Waals surface area (Å²) >= 11 is 0. The normalized spacial score (nSPS) is 11.7. The molecule has 0 spiro atoms. The molecule has 1 heterocycles. The fourth-order valence-electron chi connectivity index (χ4n) is 1.93. The number of rotatable bonds is 10. The maximum atomic E-state index is 5.90. The zero-order chi connectivity index (χ0) is 18.5. The Balaban J connectivity index is 0.00000254. The van der Waals surface area contributed by atoms with Gasteiger partial charge in [0.2, 0.25) is 5.88 Å². The number of aromatic nitrogens is 1. The second kappa shape index (κ2) is 13.0. The molecule has 1 rings (SSSR count). The summed E-state index contributed by atoms with van der Waals surface area (Å²) in [7, 11) is 2.08. The van der Waals surface area contributed by atoms with Gasteiger partial charge in [0.1, 0.15) is 6.10 Å². The summed E-state index contributed by atoms with van der Waals surface area (Å²) in [6.45, 7) is 17.4. The van der Waals surface area contributed by atoms with Crippen molar-refractivity contribution in [1.29, 1.82) is 0 Å². The summed E-state index contributed by atoms with van der Waals surface area (Å²) in [6.07, 6.45) is 1.03. The van der Waals surface area contributed by atoms with E-state index in [1.54, 1.807) is 0 Å². The van der Waals surface area contributed by atoms with Crippen molar-refractivity contribution in [2.75, 3.05) is 38.8 Å². The number of pyridine rings is 1. The maximum Gasteiger partial charge on any atom is 0.216 e. The lowest BCUT2D eigenvalue weighted by Gasteiger charge is -2.19. The second-order valence-corrected chi connectivity index (χ2v) is 5.75. The molecule has 0 aromatic carbocycles. The van der Waals surface area contributed by atoms with Crippen LogP contribution in [0.4, 0.5) is 5.69 Å². The molecule has 0 aliphatic rings. The van der Waals surface area contributed by atoms with Crippen molar-refractivity contribution in [3.8, 4) is 5.88 Å². The molecule has 0 radical (unpaired) electrons. The van der Waals surface area contributed by atoms with Crippen LogP contribution in [0, 0.1) is 13.8 Å². The number of hydrogen-bond donors (Lipinski definition) is 1. The van der Waals surface area contributed by atoms with Crippen molar-refractivity contribution in [3.63, 3.8) is 0 Å². The van der Waals surface area contributed by atoms with Crippen LogP contribution >= 0.6 is 0 Å². The van der Waals surface area contributed by atoms with Gasteiger partial charge in [-0.3, -0.25) is 4.90 Å².